The molecule has 0 amide bonds. The molecule has 0 atom stereocenters. The lowest BCUT2D eigenvalue weighted by Crippen LogP contribution is -2.37. The Morgan fingerprint density at radius 2 is 2.07 bits per heavy atom. The molecule has 0 saturated heterocycles. The summed E-state index contributed by atoms with van der Waals surface area (Å²) in [4.78, 5) is 4.75. The van der Waals surface area contributed by atoms with Gasteiger partial charge in [-0.2, -0.15) is 5.10 Å². The Bertz CT molecular complexity index is 781. The lowest BCUT2D eigenvalue weighted by molar-refractivity contribution is 0.198. The van der Waals surface area contributed by atoms with Crippen molar-refractivity contribution in [2.75, 3.05) is 13.7 Å². The molecule has 0 aliphatic heterocycles. The molecule has 0 spiro atoms. The molecule has 2 aromatic rings. The standard InChI is InChI=1S/C21H31N5O2/c1-4-22-21(24-15-17-12-13-25-26(17)2)23-14-16-8-7-11-19(27-3)20(16)28-18-9-5-6-10-18/h7-8,11-13,18H,4-6,9-10,14-15H2,1-3H3,(H2,22,23,24). The minimum absolute atomic E-state index is 0.273. The summed E-state index contributed by atoms with van der Waals surface area (Å²) in [6.07, 6.45) is 6.75. The molecule has 7 heteroatoms. The monoisotopic (exact) mass is 385 g/mol. The molecule has 1 aromatic heterocycles. The number of ether oxygens (including phenoxy) is 2. The van der Waals surface area contributed by atoms with Crippen LogP contribution in [0.25, 0.3) is 0 Å². The van der Waals surface area contributed by atoms with Crippen LogP contribution in [0.15, 0.2) is 35.5 Å². The highest BCUT2D eigenvalue weighted by Crippen LogP contribution is 2.35. The largest absolute Gasteiger partial charge is 0.493 e. The van der Waals surface area contributed by atoms with Crippen LogP contribution in [0.2, 0.25) is 0 Å². The van der Waals surface area contributed by atoms with Gasteiger partial charge in [0.25, 0.3) is 0 Å². The van der Waals surface area contributed by atoms with Gasteiger partial charge in [-0.1, -0.05) is 12.1 Å². The number of guanidine groups is 1. The van der Waals surface area contributed by atoms with Gasteiger partial charge in [0.1, 0.15) is 0 Å². The topological polar surface area (TPSA) is 72.7 Å². The van der Waals surface area contributed by atoms with Crippen LogP contribution in [0.5, 0.6) is 11.5 Å². The highest BCUT2D eigenvalue weighted by atomic mass is 16.5. The van der Waals surface area contributed by atoms with Crippen LogP contribution in [0.1, 0.15) is 43.9 Å². The Balaban J connectivity index is 1.72. The molecule has 3 rings (SSSR count). The van der Waals surface area contributed by atoms with E-state index in [9.17, 15) is 0 Å². The summed E-state index contributed by atoms with van der Waals surface area (Å²) in [5.74, 6) is 2.36. The molecule has 1 heterocycles. The summed E-state index contributed by atoms with van der Waals surface area (Å²) in [6, 6.07) is 7.98. The van der Waals surface area contributed by atoms with Crippen molar-refractivity contribution >= 4 is 5.96 Å². The lowest BCUT2D eigenvalue weighted by Gasteiger charge is -2.19. The third kappa shape index (κ3) is 5.18. The van der Waals surface area contributed by atoms with Crippen molar-refractivity contribution in [3.05, 3.63) is 41.7 Å². The van der Waals surface area contributed by atoms with Crippen LogP contribution in [-0.2, 0) is 20.1 Å². The van der Waals surface area contributed by atoms with Gasteiger partial charge < -0.3 is 20.1 Å². The summed E-state index contributed by atoms with van der Waals surface area (Å²) in [7, 11) is 3.62. The number of methoxy groups -OCH3 is 1. The lowest BCUT2D eigenvalue weighted by atomic mass is 10.1. The fourth-order valence-electron chi connectivity index (χ4n) is 3.41. The second kappa shape index (κ2) is 10.0. The van der Waals surface area contributed by atoms with Crippen molar-refractivity contribution in [3.63, 3.8) is 0 Å². The predicted molar refractivity (Wildman–Crippen MR) is 111 cm³/mol. The number of nitrogens with one attached hydrogen (secondary N) is 2. The number of nitrogens with zero attached hydrogens (tertiary/aromatic N) is 3. The zero-order valence-electron chi connectivity index (χ0n) is 17.1. The third-order valence-corrected chi connectivity index (χ3v) is 4.98. The average molecular weight is 386 g/mol. The van der Waals surface area contributed by atoms with Crippen LogP contribution >= 0.6 is 0 Å². The van der Waals surface area contributed by atoms with Gasteiger partial charge in [0.2, 0.25) is 0 Å². The van der Waals surface area contributed by atoms with E-state index in [0.29, 0.717) is 13.1 Å². The van der Waals surface area contributed by atoms with Crippen molar-refractivity contribution in [2.24, 2.45) is 12.0 Å². The van der Waals surface area contributed by atoms with E-state index >= 15 is 0 Å². The second-order valence-electron chi connectivity index (χ2n) is 6.97. The Morgan fingerprint density at radius 1 is 1.25 bits per heavy atom. The SMILES string of the molecule is CCNC(=NCc1cccc(OC)c1OC1CCCC1)NCc1ccnn1C. The zero-order chi connectivity index (χ0) is 19.8. The summed E-state index contributed by atoms with van der Waals surface area (Å²) in [5, 5.41) is 10.9. The Kier molecular flexibility index (Phi) is 7.17. The molecule has 1 aromatic carbocycles. The molecule has 0 bridgehead atoms. The van der Waals surface area contributed by atoms with E-state index in [1.54, 1.807) is 13.3 Å². The van der Waals surface area contributed by atoms with E-state index in [4.69, 9.17) is 14.5 Å². The zero-order valence-corrected chi connectivity index (χ0v) is 17.1. The van der Waals surface area contributed by atoms with Gasteiger partial charge in [0.05, 0.1) is 32.0 Å². The van der Waals surface area contributed by atoms with E-state index in [2.05, 4.69) is 28.7 Å². The van der Waals surface area contributed by atoms with E-state index in [1.807, 2.05) is 29.9 Å². The summed E-state index contributed by atoms with van der Waals surface area (Å²) in [6.45, 7) is 4.02. The van der Waals surface area contributed by atoms with Gasteiger partial charge in [-0.15, -0.1) is 0 Å². The molecule has 0 unspecified atom stereocenters. The average Bonchev–Trinajstić information content (AvgIpc) is 3.36. The van der Waals surface area contributed by atoms with Crippen molar-refractivity contribution in [1.29, 1.82) is 0 Å². The number of aromatic nitrogens is 2. The molecular weight excluding hydrogens is 354 g/mol. The Hall–Kier alpha value is -2.70. The minimum atomic E-state index is 0.273. The maximum atomic E-state index is 6.31. The van der Waals surface area contributed by atoms with Gasteiger partial charge in [-0.3, -0.25) is 4.68 Å². The van der Waals surface area contributed by atoms with Gasteiger partial charge in [-0.25, -0.2) is 4.99 Å². The maximum absolute atomic E-state index is 6.31. The Morgan fingerprint density at radius 3 is 2.75 bits per heavy atom. The quantitative estimate of drug-likeness (QED) is 0.540. The second-order valence-corrected chi connectivity index (χ2v) is 6.97. The number of hydrogen-bond acceptors (Lipinski definition) is 4. The highest BCUT2D eigenvalue weighted by molar-refractivity contribution is 5.79. The molecule has 2 N–H and O–H groups in total. The number of benzene rings is 1. The number of rotatable bonds is 8. The molecule has 1 saturated carbocycles. The van der Waals surface area contributed by atoms with Crippen molar-refractivity contribution in [3.8, 4) is 11.5 Å². The van der Waals surface area contributed by atoms with E-state index in [0.717, 1.165) is 48.1 Å². The molecular formula is C21H31N5O2. The van der Waals surface area contributed by atoms with Crippen LogP contribution in [0.4, 0.5) is 0 Å². The predicted octanol–water partition coefficient (Wildman–Crippen LogP) is 3.01. The van der Waals surface area contributed by atoms with Gasteiger partial charge in [0, 0.05) is 25.4 Å². The van der Waals surface area contributed by atoms with E-state index in [-0.39, 0.29) is 6.10 Å². The number of hydrogen-bond donors (Lipinski definition) is 2. The van der Waals surface area contributed by atoms with Crippen molar-refractivity contribution < 1.29 is 9.47 Å². The third-order valence-electron chi connectivity index (χ3n) is 4.98. The molecule has 152 valence electrons. The number of aryl methyl sites for hydroxylation is 1. The molecule has 28 heavy (non-hydrogen) atoms. The fraction of sp³-hybridized carbons (Fsp3) is 0.524. The normalized spacial score (nSPS) is 14.9. The van der Waals surface area contributed by atoms with Crippen LogP contribution in [0.3, 0.4) is 0 Å². The van der Waals surface area contributed by atoms with Crippen LogP contribution in [0, 0.1) is 0 Å². The van der Waals surface area contributed by atoms with Gasteiger partial charge >= 0.3 is 0 Å². The highest BCUT2D eigenvalue weighted by Gasteiger charge is 2.20. The first-order valence-electron chi connectivity index (χ1n) is 10.0. The van der Waals surface area contributed by atoms with Crippen LogP contribution in [-0.4, -0.2) is 35.5 Å². The molecule has 7 nitrogen and oxygen atoms in total. The Labute approximate surface area is 167 Å². The first kappa shape index (κ1) is 20.0. The van der Waals surface area contributed by atoms with E-state index < -0.39 is 0 Å². The maximum Gasteiger partial charge on any atom is 0.191 e. The number of aliphatic imine (C=N–C) groups is 1. The summed E-state index contributed by atoms with van der Waals surface area (Å²) in [5.41, 5.74) is 2.13. The number of para-hydroxylation sites is 1. The van der Waals surface area contributed by atoms with E-state index in [1.165, 1.54) is 12.8 Å². The molecule has 1 aliphatic carbocycles. The smallest absolute Gasteiger partial charge is 0.191 e. The molecule has 1 fully saturated rings. The van der Waals surface area contributed by atoms with Gasteiger partial charge in [0.15, 0.2) is 17.5 Å². The van der Waals surface area contributed by atoms with Crippen molar-refractivity contribution in [2.45, 2.75) is 51.8 Å². The fourth-order valence-corrected chi connectivity index (χ4v) is 3.41. The molecule has 1 aliphatic rings. The first-order chi connectivity index (χ1) is 13.7. The van der Waals surface area contributed by atoms with Gasteiger partial charge in [-0.05, 0) is 44.7 Å². The minimum Gasteiger partial charge on any atom is -0.493 e. The van der Waals surface area contributed by atoms with Crippen LogP contribution < -0.4 is 20.1 Å². The first-order valence-corrected chi connectivity index (χ1v) is 10.0. The molecule has 0 radical (unpaired) electrons. The summed E-state index contributed by atoms with van der Waals surface area (Å²) < 4.78 is 13.7. The van der Waals surface area contributed by atoms with Crippen molar-refractivity contribution in [1.82, 2.24) is 20.4 Å². The summed E-state index contributed by atoms with van der Waals surface area (Å²) >= 11 is 0.